The minimum Gasteiger partial charge on any atom is -0.348 e. The zero-order valence-electron chi connectivity index (χ0n) is 15.2. The molecule has 3 rings (SSSR count). The Morgan fingerprint density at radius 2 is 2.00 bits per heavy atom. The molecule has 1 atom stereocenters. The fourth-order valence-electron chi connectivity index (χ4n) is 3.45. The predicted molar refractivity (Wildman–Crippen MR) is 104 cm³/mol. The van der Waals surface area contributed by atoms with E-state index < -0.39 is 10.0 Å². The van der Waals surface area contributed by atoms with E-state index >= 15 is 0 Å². The van der Waals surface area contributed by atoms with E-state index in [0.717, 1.165) is 34.0 Å². The van der Waals surface area contributed by atoms with Crippen LogP contribution in [0, 0.1) is 0 Å². The maximum Gasteiger partial charge on any atom is 0.252 e. The van der Waals surface area contributed by atoms with Gasteiger partial charge in [-0.05, 0) is 40.8 Å². The van der Waals surface area contributed by atoms with Crippen LogP contribution in [0.25, 0.3) is 0 Å². The maximum absolute atomic E-state index is 12.5. The summed E-state index contributed by atoms with van der Waals surface area (Å²) >= 11 is 1.15. The maximum atomic E-state index is 12.5. The number of fused-ring (bicyclic) bond motifs is 1. The van der Waals surface area contributed by atoms with E-state index in [2.05, 4.69) is 25.2 Å². The second-order valence-corrected chi connectivity index (χ2v) is 10.5. The number of nitrogens with one attached hydrogen (secondary N) is 1. The van der Waals surface area contributed by atoms with Gasteiger partial charge in [0.25, 0.3) is 10.0 Å². The van der Waals surface area contributed by atoms with E-state index in [0.29, 0.717) is 0 Å². The normalized spacial score (nSPS) is 19.2. The molecule has 5 nitrogen and oxygen atoms in total. The van der Waals surface area contributed by atoms with Gasteiger partial charge in [-0.3, -0.25) is 4.79 Å². The first kappa shape index (κ1) is 19.1. The van der Waals surface area contributed by atoms with E-state index in [-0.39, 0.29) is 28.1 Å². The first-order chi connectivity index (χ1) is 12.2. The second-order valence-electron chi connectivity index (χ2n) is 7.32. The van der Waals surface area contributed by atoms with Crippen molar-refractivity contribution in [3.8, 4) is 0 Å². The Labute approximate surface area is 159 Å². The van der Waals surface area contributed by atoms with Gasteiger partial charge in [0.05, 0.1) is 12.6 Å². The van der Waals surface area contributed by atoms with Crippen molar-refractivity contribution in [2.45, 2.75) is 42.4 Å². The van der Waals surface area contributed by atoms with Crippen LogP contribution < -0.4 is 5.32 Å². The molecule has 1 N–H and O–H groups in total. The molecule has 0 spiro atoms. The van der Waals surface area contributed by atoms with E-state index in [9.17, 15) is 13.2 Å². The van der Waals surface area contributed by atoms with Crippen molar-refractivity contribution in [1.82, 2.24) is 9.62 Å². The number of rotatable bonds is 5. The number of benzene rings is 1. The van der Waals surface area contributed by atoms with Crippen LogP contribution in [0.1, 0.15) is 43.9 Å². The van der Waals surface area contributed by atoms with Gasteiger partial charge < -0.3 is 5.32 Å². The van der Waals surface area contributed by atoms with Crippen LogP contribution in [0.5, 0.6) is 0 Å². The smallest absolute Gasteiger partial charge is 0.252 e. The molecule has 0 unspecified atom stereocenters. The quantitative estimate of drug-likeness (QED) is 0.849. The number of sulfonamides is 1. The third-order valence-electron chi connectivity index (χ3n) is 4.98. The van der Waals surface area contributed by atoms with E-state index in [1.165, 1.54) is 12.6 Å². The average molecular weight is 393 g/mol. The number of carbonyl (C=O) groups is 1. The summed E-state index contributed by atoms with van der Waals surface area (Å²) < 4.78 is 26.3. The number of likely N-dealkylation sites (N-methyl/N-ethyl adjacent to an activating group) is 1. The summed E-state index contributed by atoms with van der Waals surface area (Å²) in [6, 6.07) is 11.3. The first-order valence-electron chi connectivity index (χ1n) is 8.60. The molecule has 1 aromatic heterocycles. The monoisotopic (exact) mass is 392 g/mol. The molecule has 1 amide bonds. The number of nitrogens with zero attached hydrogens (tertiary/aromatic N) is 1. The van der Waals surface area contributed by atoms with Crippen LogP contribution in [0.2, 0.25) is 0 Å². The molecule has 1 aliphatic rings. The predicted octanol–water partition coefficient (Wildman–Crippen LogP) is 3.30. The highest BCUT2D eigenvalue weighted by atomic mass is 32.2. The van der Waals surface area contributed by atoms with Crippen LogP contribution in [-0.4, -0.2) is 32.2 Å². The molecule has 1 heterocycles. The molecule has 0 fully saturated rings. The average Bonchev–Trinajstić information content (AvgIpc) is 3.13. The molecule has 1 aromatic carbocycles. The molecule has 0 aliphatic heterocycles. The Morgan fingerprint density at radius 3 is 2.69 bits per heavy atom. The lowest BCUT2D eigenvalue weighted by Gasteiger charge is -2.37. The molecular weight excluding hydrogens is 368 g/mol. The molecule has 0 bridgehead atoms. The second kappa shape index (κ2) is 7.13. The highest BCUT2D eigenvalue weighted by Gasteiger charge is 2.33. The molecule has 26 heavy (non-hydrogen) atoms. The van der Waals surface area contributed by atoms with Gasteiger partial charge >= 0.3 is 0 Å². The number of thiophene rings is 1. The highest BCUT2D eigenvalue weighted by Crippen LogP contribution is 2.41. The third-order valence-corrected chi connectivity index (χ3v) is 8.16. The van der Waals surface area contributed by atoms with Crippen molar-refractivity contribution >= 4 is 27.3 Å². The molecule has 0 saturated carbocycles. The minimum atomic E-state index is -3.62. The van der Waals surface area contributed by atoms with Crippen molar-refractivity contribution in [3.05, 3.63) is 52.9 Å². The van der Waals surface area contributed by atoms with Crippen LogP contribution >= 0.6 is 11.3 Å². The van der Waals surface area contributed by atoms with Crippen molar-refractivity contribution < 1.29 is 13.2 Å². The Hall–Kier alpha value is -1.70. The molecule has 7 heteroatoms. The summed E-state index contributed by atoms with van der Waals surface area (Å²) in [7, 11) is -2.18. The number of carbonyl (C=O) groups excluding carboxylic acids is 1. The Morgan fingerprint density at radius 1 is 1.27 bits per heavy atom. The van der Waals surface area contributed by atoms with Crippen molar-refractivity contribution in [3.63, 3.8) is 0 Å². The fraction of sp³-hybridized carbons (Fsp3) is 0.421. The standard InChI is InChI=1S/C19H24N2O3S2/c1-19(2)11-10-16(14-7-4-5-8-15(14)19)20-17(22)13-21(3)26(23,24)18-9-6-12-25-18/h4-9,12,16H,10-11,13H2,1-3H3,(H,20,22)/t16-/m1/s1. The van der Waals surface area contributed by atoms with Gasteiger partial charge in [0, 0.05) is 7.05 Å². The lowest BCUT2D eigenvalue weighted by Crippen LogP contribution is -2.41. The van der Waals surface area contributed by atoms with Crippen LogP contribution in [-0.2, 0) is 20.2 Å². The zero-order valence-corrected chi connectivity index (χ0v) is 16.9. The van der Waals surface area contributed by atoms with Gasteiger partial charge in [-0.1, -0.05) is 44.2 Å². The van der Waals surface area contributed by atoms with Crippen molar-refractivity contribution in [2.75, 3.05) is 13.6 Å². The minimum absolute atomic E-state index is 0.0791. The van der Waals surface area contributed by atoms with E-state index in [1.54, 1.807) is 17.5 Å². The van der Waals surface area contributed by atoms with Crippen molar-refractivity contribution in [2.24, 2.45) is 0 Å². The van der Waals surface area contributed by atoms with Gasteiger partial charge in [-0.15, -0.1) is 11.3 Å². The van der Waals surface area contributed by atoms with E-state index in [1.807, 2.05) is 18.2 Å². The SMILES string of the molecule is CN(CC(=O)N[C@@H]1CCC(C)(C)c2ccccc21)S(=O)(=O)c1cccs1. The molecular formula is C19H24N2O3S2. The van der Waals surface area contributed by atoms with E-state index in [4.69, 9.17) is 0 Å². The molecule has 140 valence electrons. The van der Waals surface area contributed by atoms with Gasteiger partial charge in [-0.2, -0.15) is 4.31 Å². The molecule has 2 aromatic rings. The number of amides is 1. The van der Waals surface area contributed by atoms with Crippen LogP contribution in [0.15, 0.2) is 46.0 Å². The highest BCUT2D eigenvalue weighted by molar-refractivity contribution is 7.91. The van der Waals surface area contributed by atoms with Gasteiger partial charge in [-0.25, -0.2) is 8.42 Å². The van der Waals surface area contributed by atoms with Gasteiger partial charge in [0.15, 0.2) is 0 Å². The lowest BCUT2D eigenvalue weighted by molar-refractivity contribution is -0.122. The number of hydrogen-bond donors (Lipinski definition) is 1. The summed E-state index contributed by atoms with van der Waals surface area (Å²) in [5.41, 5.74) is 2.45. The molecule has 1 aliphatic carbocycles. The van der Waals surface area contributed by atoms with Crippen LogP contribution in [0.4, 0.5) is 0 Å². The largest absolute Gasteiger partial charge is 0.348 e. The first-order valence-corrected chi connectivity index (χ1v) is 10.9. The zero-order chi connectivity index (χ0) is 18.9. The summed E-state index contributed by atoms with van der Waals surface area (Å²) in [6.07, 6.45) is 1.81. The fourth-order valence-corrected chi connectivity index (χ4v) is 5.78. The summed E-state index contributed by atoms with van der Waals surface area (Å²) in [5.74, 6) is -0.285. The number of hydrogen-bond acceptors (Lipinski definition) is 4. The van der Waals surface area contributed by atoms with Crippen LogP contribution in [0.3, 0.4) is 0 Å². The van der Waals surface area contributed by atoms with Crippen molar-refractivity contribution in [1.29, 1.82) is 0 Å². The Kier molecular flexibility index (Phi) is 5.23. The third kappa shape index (κ3) is 3.70. The Bertz CT molecular complexity index is 889. The Balaban J connectivity index is 1.71. The van der Waals surface area contributed by atoms with Gasteiger partial charge in [0.1, 0.15) is 4.21 Å². The summed E-state index contributed by atoms with van der Waals surface area (Å²) in [4.78, 5) is 12.5. The molecule has 0 radical (unpaired) electrons. The lowest BCUT2D eigenvalue weighted by atomic mass is 9.71. The molecule has 0 saturated heterocycles. The summed E-state index contributed by atoms with van der Waals surface area (Å²) in [6.45, 7) is 4.23. The van der Waals surface area contributed by atoms with Gasteiger partial charge in [0.2, 0.25) is 5.91 Å². The summed E-state index contributed by atoms with van der Waals surface area (Å²) in [5, 5.41) is 4.73. The topological polar surface area (TPSA) is 66.5 Å².